The van der Waals surface area contributed by atoms with Gasteiger partial charge in [-0.25, -0.2) is 9.37 Å². The molecular formula is C14H23ClFNOSi. The number of halogens is 2. The topological polar surface area (TPSA) is 22.1 Å². The maximum Gasteiger partial charge on any atom is 0.193 e. The first-order chi connectivity index (χ1) is 8.38. The third kappa shape index (κ3) is 3.55. The second kappa shape index (κ2) is 5.15. The summed E-state index contributed by atoms with van der Waals surface area (Å²) in [6.07, 6.45) is 1.51. The SMILES string of the molecule is CC(C)(O[Si](C)(C)C(C)(C)C)c1ccnc(Cl)c1F. The second-order valence-corrected chi connectivity index (χ2v) is 11.9. The summed E-state index contributed by atoms with van der Waals surface area (Å²) < 4.78 is 20.4. The van der Waals surface area contributed by atoms with Crippen molar-refractivity contribution in [2.45, 2.75) is 58.4 Å². The van der Waals surface area contributed by atoms with Gasteiger partial charge in [0.1, 0.15) is 0 Å². The van der Waals surface area contributed by atoms with Gasteiger partial charge < -0.3 is 4.43 Å². The first-order valence-corrected chi connectivity index (χ1v) is 9.68. The summed E-state index contributed by atoms with van der Waals surface area (Å²) in [7, 11) is -1.99. The van der Waals surface area contributed by atoms with Crippen molar-refractivity contribution in [3.63, 3.8) is 0 Å². The summed E-state index contributed by atoms with van der Waals surface area (Å²) in [5.41, 5.74) is -0.267. The van der Waals surface area contributed by atoms with E-state index in [1.165, 1.54) is 6.20 Å². The Bertz CT molecular complexity index is 469. The van der Waals surface area contributed by atoms with E-state index >= 15 is 0 Å². The average molecular weight is 304 g/mol. The molecule has 2 nitrogen and oxygen atoms in total. The number of rotatable bonds is 3. The van der Waals surface area contributed by atoms with Crippen LogP contribution in [0, 0.1) is 5.82 Å². The number of hydrogen-bond acceptors (Lipinski definition) is 2. The summed E-state index contributed by atoms with van der Waals surface area (Å²) in [4.78, 5) is 3.74. The van der Waals surface area contributed by atoms with Crippen LogP contribution >= 0.6 is 11.6 Å². The molecule has 0 aliphatic rings. The van der Waals surface area contributed by atoms with Crippen LogP contribution in [0.15, 0.2) is 12.3 Å². The molecule has 19 heavy (non-hydrogen) atoms. The van der Waals surface area contributed by atoms with Gasteiger partial charge in [0.05, 0.1) is 5.60 Å². The average Bonchev–Trinajstić information content (AvgIpc) is 2.18. The van der Waals surface area contributed by atoms with E-state index in [1.807, 2.05) is 13.8 Å². The standard InChI is InChI=1S/C14H23ClFNOSi/c1-13(2,3)19(6,7)18-14(4,5)10-8-9-17-12(15)11(10)16/h8-9H,1-7H3. The highest BCUT2D eigenvalue weighted by atomic mass is 35.5. The maximum atomic E-state index is 14.1. The summed E-state index contributed by atoms with van der Waals surface area (Å²) in [5, 5.41) is -0.0400. The molecule has 0 saturated carbocycles. The molecule has 1 aromatic rings. The Kier molecular flexibility index (Phi) is 4.50. The van der Waals surface area contributed by atoms with Crippen molar-refractivity contribution in [1.29, 1.82) is 0 Å². The molecule has 0 aliphatic heterocycles. The molecule has 0 spiro atoms. The van der Waals surface area contributed by atoms with Gasteiger partial charge in [-0.3, -0.25) is 0 Å². The third-order valence-electron chi connectivity index (χ3n) is 3.81. The van der Waals surface area contributed by atoms with E-state index < -0.39 is 19.7 Å². The lowest BCUT2D eigenvalue weighted by Crippen LogP contribution is -2.46. The predicted octanol–water partition coefficient (Wildman–Crippen LogP) is 5.13. The Morgan fingerprint density at radius 2 is 1.74 bits per heavy atom. The van der Waals surface area contributed by atoms with E-state index in [4.69, 9.17) is 16.0 Å². The van der Waals surface area contributed by atoms with E-state index in [1.54, 1.807) is 6.07 Å². The van der Waals surface area contributed by atoms with E-state index in [2.05, 4.69) is 38.8 Å². The monoisotopic (exact) mass is 303 g/mol. The van der Waals surface area contributed by atoms with Crippen LogP contribution in [0.4, 0.5) is 4.39 Å². The lowest BCUT2D eigenvalue weighted by molar-refractivity contribution is 0.0860. The molecule has 0 unspecified atom stereocenters. The van der Waals surface area contributed by atoms with Crippen LogP contribution in [-0.4, -0.2) is 13.3 Å². The predicted molar refractivity (Wildman–Crippen MR) is 80.5 cm³/mol. The molecule has 0 radical (unpaired) electrons. The van der Waals surface area contributed by atoms with Crippen LogP contribution in [0.5, 0.6) is 0 Å². The molecule has 0 aliphatic carbocycles. The zero-order chi connectivity index (χ0) is 15.1. The van der Waals surface area contributed by atoms with Crippen molar-refractivity contribution >= 4 is 19.9 Å². The van der Waals surface area contributed by atoms with Crippen molar-refractivity contribution < 1.29 is 8.82 Å². The van der Waals surface area contributed by atoms with Gasteiger partial charge in [0.15, 0.2) is 19.3 Å². The first-order valence-electron chi connectivity index (χ1n) is 6.39. The van der Waals surface area contributed by atoms with Gasteiger partial charge in [0, 0.05) is 11.8 Å². The fraction of sp³-hybridized carbons (Fsp3) is 0.643. The minimum atomic E-state index is -1.99. The van der Waals surface area contributed by atoms with Gasteiger partial charge in [-0.2, -0.15) is 0 Å². The minimum absolute atomic E-state index is 0.0670. The molecule has 108 valence electrons. The number of hydrogen-bond donors (Lipinski definition) is 0. The fourth-order valence-electron chi connectivity index (χ4n) is 1.73. The highest BCUT2D eigenvalue weighted by molar-refractivity contribution is 6.74. The highest BCUT2D eigenvalue weighted by Crippen LogP contribution is 2.42. The highest BCUT2D eigenvalue weighted by Gasteiger charge is 2.42. The molecule has 1 heterocycles. The van der Waals surface area contributed by atoms with Crippen molar-refractivity contribution in [1.82, 2.24) is 4.98 Å². The lowest BCUT2D eigenvalue weighted by Gasteiger charge is -2.43. The summed E-state index contributed by atoms with van der Waals surface area (Å²) in [6, 6.07) is 1.63. The zero-order valence-corrected chi connectivity index (χ0v) is 14.5. The van der Waals surface area contributed by atoms with Gasteiger partial charge in [0.25, 0.3) is 0 Å². The Hall–Kier alpha value is -0.453. The van der Waals surface area contributed by atoms with Gasteiger partial charge in [0.2, 0.25) is 0 Å². The minimum Gasteiger partial charge on any atom is -0.408 e. The van der Waals surface area contributed by atoms with E-state index in [9.17, 15) is 4.39 Å². The van der Waals surface area contributed by atoms with Crippen molar-refractivity contribution in [3.05, 3.63) is 28.8 Å². The van der Waals surface area contributed by atoms with Crippen LogP contribution in [0.1, 0.15) is 40.2 Å². The van der Waals surface area contributed by atoms with E-state index in [0.29, 0.717) is 5.56 Å². The molecule has 0 saturated heterocycles. The molecule has 0 atom stereocenters. The number of pyridine rings is 1. The van der Waals surface area contributed by atoms with Crippen LogP contribution in [0.25, 0.3) is 0 Å². The molecular weight excluding hydrogens is 281 g/mol. The maximum absolute atomic E-state index is 14.1. The fourth-order valence-corrected chi connectivity index (χ4v) is 3.58. The zero-order valence-electron chi connectivity index (χ0n) is 12.8. The summed E-state index contributed by atoms with van der Waals surface area (Å²) >= 11 is 5.75. The Morgan fingerprint density at radius 3 is 2.21 bits per heavy atom. The molecule has 1 rings (SSSR count). The number of aromatic nitrogens is 1. The van der Waals surface area contributed by atoms with Crippen LogP contribution in [0.3, 0.4) is 0 Å². The number of nitrogens with zero attached hydrogens (tertiary/aromatic N) is 1. The van der Waals surface area contributed by atoms with Gasteiger partial charge >= 0.3 is 0 Å². The van der Waals surface area contributed by atoms with Crippen LogP contribution < -0.4 is 0 Å². The Morgan fingerprint density at radius 1 is 1.21 bits per heavy atom. The van der Waals surface area contributed by atoms with Gasteiger partial charge in [-0.15, -0.1) is 0 Å². The largest absolute Gasteiger partial charge is 0.408 e. The van der Waals surface area contributed by atoms with E-state index in [0.717, 1.165) is 0 Å². The summed E-state index contributed by atoms with van der Waals surface area (Å²) in [6.45, 7) is 14.5. The molecule has 0 aromatic carbocycles. The van der Waals surface area contributed by atoms with Crippen molar-refractivity contribution in [2.75, 3.05) is 0 Å². The molecule has 5 heteroatoms. The molecule has 0 fully saturated rings. The van der Waals surface area contributed by atoms with Crippen molar-refractivity contribution in [2.24, 2.45) is 0 Å². The summed E-state index contributed by atoms with van der Waals surface area (Å²) in [5.74, 6) is -0.493. The van der Waals surface area contributed by atoms with Crippen LogP contribution in [0.2, 0.25) is 23.3 Å². The molecule has 0 N–H and O–H groups in total. The Balaban J connectivity index is 3.15. The first kappa shape index (κ1) is 16.6. The smallest absolute Gasteiger partial charge is 0.193 e. The second-order valence-electron chi connectivity index (χ2n) is 6.84. The lowest BCUT2D eigenvalue weighted by atomic mass is 9.99. The third-order valence-corrected chi connectivity index (χ3v) is 8.71. The Labute approximate surface area is 121 Å². The van der Waals surface area contributed by atoms with Crippen molar-refractivity contribution in [3.8, 4) is 0 Å². The molecule has 1 aromatic heterocycles. The molecule has 0 amide bonds. The quantitative estimate of drug-likeness (QED) is 0.570. The molecule has 0 bridgehead atoms. The van der Waals surface area contributed by atoms with Crippen LogP contribution in [-0.2, 0) is 10.0 Å². The van der Waals surface area contributed by atoms with E-state index in [-0.39, 0.29) is 10.2 Å². The van der Waals surface area contributed by atoms with Gasteiger partial charge in [-0.05, 0) is 38.0 Å². The normalized spacial score (nSPS) is 13.7. The van der Waals surface area contributed by atoms with Gasteiger partial charge in [-0.1, -0.05) is 32.4 Å².